The predicted molar refractivity (Wildman–Crippen MR) is 63.5 cm³/mol. The lowest BCUT2D eigenvalue weighted by Gasteiger charge is -2.12. The summed E-state index contributed by atoms with van der Waals surface area (Å²) in [5.74, 6) is 0.469. The van der Waals surface area contributed by atoms with E-state index in [0.717, 1.165) is 11.1 Å². The smallest absolute Gasteiger partial charge is 0.325 e. The first-order chi connectivity index (χ1) is 7.11. The lowest BCUT2D eigenvalue weighted by atomic mass is 10.1. The Hall–Kier alpha value is -0.820. The fourth-order valence-electron chi connectivity index (χ4n) is 1.20. The van der Waals surface area contributed by atoms with E-state index in [-0.39, 0.29) is 6.61 Å². The quantitative estimate of drug-likeness (QED) is 0.670. The summed E-state index contributed by atoms with van der Waals surface area (Å²) in [7, 11) is 0. The second-order valence-electron chi connectivity index (χ2n) is 3.28. The molecule has 0 amide bonds. The number of rotatable bonds is 2. The van der Waals surface area contributed by atoms with Crippen LogP contribution >= 0.6 is 22.6 Å². The molecule has 0 saturated heterocycles. The maximum Gasteiger partial charge on any atom is 0.325 e. The summed E-state index contributed by atoms with van der Waals surface area (Å²) in [6.07, 6.45) is 0. The molecule has 1 atom stereocenters. The van der Waals surface area contributed by atoms with Gasteiger partial charge in [-0.1, -0.05) is 12.1 Å². The van der Waals surface area contributed by atoms with Crippen LogP contribution in [0.4, 0.5) is 0 Å². The summed E-state index contributed by atoms with van der Waals surface area (Å²) in [4.78, 5) is 5.07. The van der Waals surface area contributed by atoms with Crippen LogP contribution in [0, 0.1) is 0 Å². The van der Waals surface area contributed by atoms with Crippen molar-refractivity contribution in [3.8, 4) is 0 Å². The second kappa shape index (κ2) is 3.97. The van der Waals surface area contributed by atoms with E-state index < -0.39 is 3.79 Å². The highest BCUT2D eigenvalue weighted by molar-refractivity contribution is 14.1. The number of halogens is 1. The van der Waals surface area contributed by atoms with Gasteiger partial charge in [-0.05, 0) is 22.9 Å². The first-order valence-corrected chi connectivity index (χ1v) is 5.53. The molecule has 1 aromatic rings. The lowest BCUT2D eigenvalue weighted by Crippen LogP contribution is -2.18. The SMILES string of the molecule is CC1(I)ON=C(c2ccc(CO)cc2)O1. The van der Waals surface area contributed by atoms with E-state index in [1.54, 1.807) is 6.92 Å². The summed E-state index contributed by atoms with van der Waals surface area (Å²) >= 11 is 2.02. The summed E-state index contributed by atoms with van der Waals surface area (Å²) in [5.41, 5.74) is 1.70. The number of hydrogen-bond acceptors (Lipinski definition) is 4. The molecule has 15 heavy (non-hydrogen) atoms. The Morgan fingerprint density at radius 1 is 1.40 bits per heavy atom. The number of ether oxygens (including phenoxy) is 1. The molecule has 0 aromatic heterocycles. The van der Waals surface area contributed by atoms with Crippen LogP contribution < -0.4 is 0 Å². The van der Waals surface area contributed by atoms with Crippen molar-refractivity contribution in [3.63, 3.8) is 0 Å². The number of aliphatic hydroxyl groups is 1. The predicted octanol–water partition coefficient (Wildman–Crippen LogP) is 2.00. The largest absolute Gasteiger partial charge is 0.421 e. The third-order valence-electron chi connectivity index (χ3n) is 1.95. The number of oxime groups is 1. The van der Waals surface area contributed by atoms with E-state index in [2.05, 4.69) is 5.16 Å². The Balaban J connectivity index is 2.18. The van der Waals surface area contributed by atoms with Crippen LogP contribution in [0.15, 0.2) is 29.4 Å². The van der Waals surface area contributed by atoms with Gasteiger partial charge < -0.3 is 14.7 Å². The molecular formula is C10H10INO3. The monoisotopic (exact) mass is 319 g/mol. The molecule has 0 radical (unpaired) electrons. The summed E-state index contributed by atoms with van der Waals surface area (Å²) < 4.78 is 4.74. The third-order valence-corrected chi connectivity index (χ3v) is 2.37. The van der Waals surface area contributed by atoms with Gasteiger partial charge in [0.25, 0.3) is 5.90 Å². The van der Waals surface area contributed by atoms with Gasteiger partial charge in [-0.15, -0.1) is 0 Å². The Labute approximate surface area is 101 Å². The van der Waals surface area contributed by atoms with Crippen molar-refractivity contribution >= 4 is 28.5 Å². The zero-order valence-corrected chi connectivity index (χ0v) is 10.3. The van der Waals surface area contributed by atoms with Crippen molar-refractivity contribution in [2.24, 2.45) is 5.16 Å². The van der Waals surface area contributed by atoms with Gasteiger partial charge in [0.15, 0.2) is 0 Å². The topological polar surface area (TPSA) is 51.0 Å². The van der Waals surface area contributed by atoms with Crippen LogP contribution in [0.1, 0.15) is 18.1 Å². The van der Waals surface area contributed by atoms with E-state index in [9.17, 15) is 0 Å². The molecule has 0 saturated carbocycles. The number of aliphatic hydroxyl groups excluding tert-OH is 1. The van der Waals surface area contributed by atoms with Gasteiger partial charge in [-0.2, -0.15) is 0 Å². The van der Waals surface area contributed by atoms with Gasteiger partial charge >= 0.3 is 3.79 Å². The molecule has 80 valence electrons. The fraction of sp³-hybridized carbons (Fsp3) is 0.300. The minimum absolute atomic E-state index is 0.0358. The van der Waals surface area contributed by atoms with Gasteiger partial charge in [0.2, 0.25) is 0 Å². The molecule has 1 heterocycles. The van der Waals surface area contributed by atoms with Gasteiger partial charge in [-0.25, -0.2) is 0 Å². The summed E-state index contributed by atoms with van der Waals surface area (Å²) in [6, 6.07) is 7.33. The molecule has 0 spiro atoms. The van der Waals surface area contributed by atoms with Crippen LogP contribution in [0.2, 0.25) is 0 Å². The Morgan fingerprint density at radius 3 is 2.53 bits per heavy atom. The second-order valence-corrected chi connectivity index (χ2v) is 5.24. The van der Waals surface area contributed by atoms with E-state index in [0.29, 0.717) is 5.90 Å². The first kappa shape index (κ1) is 10.7. The Morgan fingerprint density at radius 2 is 2.07 bits per heavy atom. The molecule has 0 fully saturated rings. The molecule has 1 N–H and O–H groups in total. The molecule has 0 bridgehead atoms. The first-order valence-electron chi connectivity index (χ1n) is 4.45. The van der Waals surface area contributed by atoms with Crippen molar-refractivity contribution in [3.05, 3.63) is 35.4 Å². The fourth-order valence-corrected chi connectivity index (χ4v) is 1.50. The molecule has 5 heteroatoms. The highest BCUT2D eigenvalue weighted by Crippen LogP contribution is 2.29. The highest BCUT2D eigenvalue weighted by Gasteiger charge is 2.32. The van der Waals surface area contributed by atoms with Crippen LogP contribution in [-0.2, 0) is 16.2 Å². The average molecular weight is 319 g/mol. The zero-order valence-electron chi connectivity index (χ0n) is 8.11. The van der Waals surface area contributed by atoms with Crippen LogP contribution in [-0.4, -0.2) is 14.8 Å². The Kier molecular flexibility index (Phi) is 2.83. The van der Waals surface area contributed by atoms with E-state index in [4.69, 9.17) is 14.7 Å². The van der Waals surface area contributed by atoms with E-state index in [1.165, 1.54) is 0 Å². The third kappa shape index (κ3) is 2.40. The van der Waals surface area contributed by atoms with E-state index in [1.807, 2.05) is 46.9 Å². The minimum atomic E-state index is -0.720. The highest BCUT2D eigenvalue weighted by atomic mass is 127. The average Bonchev–Trinajstić information content (AvgIpc) is 2.59. The molecule has 0 aliphatic carbocycles. The van der Waals surface area contributed by atoms with E-state index >= 15 is 0 Å². The molecule has 1 aliphatic heterocycles. The number of benzene rings is 1. The molecule has 1 aromatic carbocycles. The van der Waals surface area contributed by atoms with Crippen molar-refractivity contribution in [1.29, 1.82) is 0 Å². The summed E-state index contributed by atoms with van der Waals surface area (Å²) in [5, 5.41) is 12.7. The van der Waals surface area contributed by atoms with Crippen LogP contribution in [0.5, 0.6) is 0 Å². The summed E-state index contributed by atoms with van der Waals surface area (Å²) in [6.45, 7) is 1.82. The van der Waals surface area contributed by atoms with Gasteiger partial charge in [-0.3, -0.25) is 0 Å². The van der Waals surface area contributed by atoms with Crippen molar-refractivity contribution in [1.82, 2.24) is 0 Å². The van der Waals surface area contributed by atoms with Crippen LogP contribution in [0.3, 0.4) is 0 Å². The number of alkyl halides is 1. The van der Waals surface area contributed by atoms with Crippen molar-refractivity contribution < 1.29 is 14.7 Å². The number of nitrogens with zero attached hydrogens (tertiary/aromatic N) is 1. The molecule has 4 nitrogen and oxygen atoms in total. The standard InChI is InChI=1S/C10H10INO3/c1-10(11)14-9(12-15-10)8-4-2-7(6-13)3-5-8/h2-5,13H,6H2,1H3. The van der Waals surface area contributed by atoms with Gasteiger partial charge in [0.1, 0.15) is 0 Å². The Bertz CT molecular complexity index is 386. The minimum Gasteiger partial charge on any atom is -0.421 e. The lowest BCUT2D eigenvalue weighted by molar-refractivity contribution is -0.0485. The number of hydrogen-bond donors (Lipinski definition) is 1. The molecule has 1 unspecified atom stereocenters. The molecule has 2 rings (SSSR count). The maximum absolute atomic E-state index is 8.89. The van der Waals surface area contributed by atoms with Crippen molar-refractivity contribution in [2.45, 2.75) is 17.3 Å². The van der Waals surface area contributed by atoms with Crippen LogP contribution in [0.25, 0.3) is 0 Å². The maximum atomic E-state index is 8.89. The normalized spacial score (nSPS) is 24.3. The molecule has 1 aliphatic rings. The van der Waals surface area contributed by atoms with Crippen molar-refractivity contribution in [2.75, 3.05) is 0 Å². The van der Waals surface area contributed by atoms with Gasteiger partial charge in [0.05, 0.1) is 6.61 Å². The zero-order chi connectivity index (χ0) is 10.9. The molecular weight excluding hydrogens is 309 g/mol. The van der Waals surface area contributed by atoms with Gasteiger partial charge in [0, 0.05) is 35.1 Å².